The van der Waals surface area contributed by atoms with Gasteiger partial charge in [0.1, 0.15) is 30.3 Å². The van der Waals surface area contributed by atoms with Crippen LogP contribution in [0.4, 0.5) is 0 Å². The van der Waals surface area contributed by atoms with Crippen LogP contribution in [0.25, 0.3) is 0 Å². The van der Waals surface area contributed by atoms with Gasteiger partial charge in [-0.3, -0.25) is 0 Å². The van der Waals surface area contributed by atoms with E-state index >= 15 is 0 Å². The molecule has 2 rings (SSSR count). The van der Waals surface area contributed by atoms with Gasteiger partial charge in [0.05, 0.1) is 0 Å². The van der Waals surface area contributed by atoms with E-state index in [9.17, 15) is 10.2 Å². The van der Waals surface area contributed by atoms with Gasteiger partial charge in [0.2, 0.25) is 0 Å². The minimum atomic E-state index is -1.07. The summed E-state index contributed by atoms with van der Waals surface area (Å²) in [7, 11) is 1.39. The van der Waals surface area contributed by atoms with E-state index in [0.717, 1.165) is 0 Å². The van der Waals surface area contributed by atoms with E-state index in [1.807, 2.05) is 0 Å². The van der Waals surface area contributed by atoms with Gasteiger partial charge in [0.15, 0.2) is 6.29 Å². The van der Waals surface area contributed by atoms with Crippen LogP contribution in [0.2, 0.25) is 0 Å². The van der Waals surface area contributed by atoms with Crippen LogP contribution < -0.4 is 0 Å². The molecule has 0 radical (unpaired) electrons. The molecule has 1 aromatic heterocycles. The van der Waals surface area contributed by atoms with Crippen molar-refractivity contribution in [3.63, 3.8) is 0 Å². The molecule has 1 saturated heterocycles. The van der Waals surface area contributed by atoms with Gasteiger partial charge in [-0.15, -0.1) is 0 Å². The second-order valence-corrected chi connectivity index (χ2v) is 3.07. The summed E-state index contributed by atoms with van der Waals surface area (Å²) in [5.41, 5.74) is 0.441. The van der Waals surface area contributed by atoms with E-state index in [1.54, 1.807) is 6.07 Å². The second-order valence-electron chi connectivity index (χ2n) is 3.07. The highest BCUT2D eigenvalue weighted by atomic mass is 16.7. The number of rotatable bonds is 2. The fourth-order valence-corrected chi connectivity index (χ4v) is 1.45. The molecule has 4 atom stereocenters. The zero-order chi connectivity index (χ0) is 10.1. The van der Waals surface area contributed by atoms with Crippen LogP contribution in [0, 0.1) is 0 Å². The molecule has 1 fully saturated rings. The number of ether oxygens (including phenoxy) is 2. The normalized spacial score (nSPS) is 37.6. The van der Waals surface area contributed by atoms with E-state index in [4.69, 9.17) is 9.47 Å². The second kappa shape index (κ2) is 3.66. The van der Waals surface area contributed by atoms with E-state index in [1.165, 1.54) is 13.4 Å². The fourth-order valence-electron chi connectivity index (χ4n) is 1.45. The Morgan fingerprint density at radius 1 is 1.43 bits per heavy atom. The standard InChI is InChI=1S/C8H11NO5/c1-12-8-6(11)5(10)7(14-8)4-2-3-13-9-4/h2-3,5-8,10-11H,1H3/t5-,6+,7?,8?/m0/s1. The van der Waals surface area contributed by atoms with Gasteiger partial charge in [0, 0.05) is 13.2 Å². The summed E-state index contributed by atoms with van der Waals surface area (Å²) >= 11 is 0. The van der Waals surface area contributed by atoms with Crippen molar-refractivity contribution in [2.45, 2.75) is 24.6 Å². The first-order valence-electron chi connectivity index (χ1n) is 4.18. The Balaban J connectivity index is 2.16. The molecular weight excluding hydrogens is 190 g/mol. The number of nitrogens with zero attached hydrogens (tertiary/aromatic N) is 1. The molecule has 6 nitrogen and oxygen atoms in total. The quantitative estimate of drug-likeness (QED) is 0.667. The summed E-state index contributed by atoms with van der Waals surface area (Å²) in [6.07, 6.45) is -2.27. The van der Waals surface area contributed by atoms with Crippen molar-refractivity contribution in [1.82, 2.24) is 5.16 Å². The van der Waals surface area contributed by atoms with Gasteiger partial charge >= 0.3 is 0 Å². The van der Waals surface area contributed by atoms with Crippen LogP contribution in [0.1, 0.15) is 11.8 Å². The van der Waals surface area contributed by atoms with Gasteiger partial charge in [-0.2, -0.15) is 0 Å². The van der Waals surface area contributed by atoms with Crippen molar-refractivity contribution in [2.75, 3.05) is 7.11 Å². The monoisotopic (exact) mass is 201 g/mol. The lowest BCUT2D eigenvalue weighted by atomic mass is 10.1. The predicted molar refractivity (Wildman–Crippen MR) is 43.1 cm³/mol. The van der Waals surface area contributed by atoms with Crippen molar-refractivity contribution < 1.29 is 24.2 Å². The van der Waals surface area contributed by atoms with E-state index in [-0.39, 0.29) is 0 Å². The molecule has 1 aromatic rings. The summed E-state index contributed by atoms with van der Waals surface area (Å²) in [4.78, 5) is 0. The number of aromatic nitrogens is 1. The predicted octanol–water partition coefficient (Wildman–Crippen LogP) is -0.560. The lowest BCUT2D eigenvalue weighted by molar-refractivity contribution is -0.150. The van der Waals surface area contributed by atoms with Gasteiger partial charge in [-0.1, -0.05) is 5.16 Å². The Morgan fingerprint density at radius 2 is 2.21 bits per heavy atom. The van der Waals surface area contributed by atoms with Crippen molar-refractivity contribution in [3.8, 4) is 0 Å². The molecule has 0 spiro atoms. The van der Waals surface area contributed by atoms with Crippen LogP contribution in [-0.4, -0.2) is 41.0 Å². The largest absolute Gasteiger partial charge is 0.387 e. The Kier molecular flexibility index (Phi) is 2.51. The first kappa shape index (κ1) is 9.60. The SMILES string of the molecule is COC1OC(c2ccon2)[C@@H](O)[C@H]1O. The van der Waals surface area contributed by atoms with Crippen LogP contribution in [0.15, 0.2) is 16.9 Å². The average molecular weight is 201 g/mol. The molecule has 6 heteroatoms. The minimum absolute atomic E-state index is 0.441. The smallest absolute Gasteiger partial charge is 0.186 e. The maximum atomic E-state index is 9.59. The molecule has 0 aromatic carbocycles. The molecule has 0 saturated carbocycles. The molecule has 0 aliphatic carbocycles. The molecule has 14 heavy (non-hydrogen) atoms. The highest BCUT2D eigenvalue weighted by molar-refractivity contribution is 5.06. The summed E-state index contributed by atoms with van der Waals surface area (Å²) < 4.78 is 14.7. The topological polar surface area (TPSA) is 85.0 Å². The minimum Gasteiger partial charge on any atom is -0.387 e. The molecule has 0 amide bonds. The van der Waals surface area contributed by atoms with Crippen LogP contribution in [0.5, 0.6) is 0 Å². The number of hydrogen-bond donors (Lipinski definition) is 2. The van der Waals surface area contributed by atoms with E-state index in [2.05, 4.69) is 9.68 Å². The first-order chi connectivity index (χ1) is 6.74. The lowest BCUT2D eigenvalue weighted by Crippen LogP contribution is -2.31. The molecular formula is C8H11NO5. The van der Waals surface area contributed by atoms with Gasteiger partial charge < -0.3 is 24.2 Å². The van der Waals surface area contributed by atoms with Crippen LogP contribution in [-0.2, 0) is 9.47 Å². The van der Waals surface area contributed by atoms with E-state index in [0.29, 0.717) is 5.69 Å². The molecule has 0 bridgehead atoms. The molecule has 2 heterocycles. The van der Waals surface area contributed by atoms with Crippen molar-refractivity contribution in [2.24, 2.45) is 0 Å². The van der Waals surface area contributed by atoms with Crippen molar-refractivity contribution in [3.05, 3.63) is 18.0 Å². The molecule has 78 valence electrons. The first-order valence-corrected chi connectivity index (χ1v) is 4.18. The molecule has 2 unspecified atom stereocenters. The molecule has 1 aliphatic heterocycles. The summed E-state index contributed by atoms with van der Waals surface area (Å²) in [5, 5.41) is 22.7. The number of aliphatic hydroxyl groups is 2. The summed E-state index contributed by atoms with van der Waals surface area (Å²) in [5.74, 6) is 0. The van der Waals surface area contributed by atoms with Gasteiger partial charge in [-0.05, 0) is 0 Å². The van der Waals surface area contributed by atoms with Crippen LogP contribution in [0.3, 0.4) is 0 Å². The third-order valence-electron chi connectivity index (χ3n) is 2.20. The van der Waals surface area contributed by atoms with Crippen molar-refractivity contribution in [1.29, 1.82) is 0 Å². The Morgan fingerprint density at radius 3 is 2.71 bits per heavy atom. The third-order valence-corrected chi connectivity index (χ3v) is 2.20. The maximum Gasteiger partial charge on any atom is 0.186 e. The van der Waals surface area contributed by atoms with Crippen LogP contribution >= 0.6 is 0 Å². The fraction of sp³-hybridized carbons (Fsp3) is 0.625. The van der Waals surface area contributed by atoms with Gasteiger partial charge in [-0.25, -0.2) is 0 Å². The number of hydrogen-bond acceptors (Lipinski definition) is 6. The highest BCUT2D eigenvalue weighted by Gasteiger charge is 2.44. The summed E-state index contributed by atoms with van der Waals surface area (Å²) in [6.45, 7) is 0. The number of aliphatic hydroxyl groups excluding tert-OH is 2. The van der Waals surface area contributed by atoms with E-state index < -0.39 is 24.6 Å². The zero-order valence-electron chi connectivity index (χ0n) is 7.53. The zero-order valence-corrected chi connectivity index (χ0v) is 7.53. The molecule has 1 aliphatic rings. The highest BCUT2D eigenvalue weighted by Crippen LogP contribution is 2.32. The van der Waals surface area contributed by atoms with Gasteiger partial charge in [0.25, 0.3) is 0 Å². The number of methoxy groups -OCH3 is 1. The average Bonchev–Trinajstić information content (AvgIpc) is 2.78. The Labute approximate surface area is 80.0 Å². The maximum absolute atomic E-state index is 9.59. The Bertz CT molecular complexity index is 288. The Hall–Kier alpha value is -0.950. The molecule has 2 N–H and O–H groups in total. The summed E-state index contributed by atoms with van der Waals surface area (Å²) in [6, 6.07) is 1.57. The third kappa shape index (κ3) is 1.42. The van der Waals surface area contributed by atoms with Crippen molar-refractivity contribution >= 4 is 0 Å². The lowest BCUT2D eigenvalue weighted by Gasteiger charge is -2.11.